The lowest BCUT2D eigenvalue weighted by atomic mass is 9.92. The van der Waals surface area contributed by atoms with E-state index in [9.17, 15) is 0 Å². The Bertz CT molecular complexity index is 190. The smallest absolute Gasteiger partial charge is 0.0414 e. The molecule has 1 radical (unpaired) electrons. The van der Waals surface area contributed by atoms with Gasteiger partial charge in [0.15, 0.2) is 0 Å². The molecule has 139 valence electrons. The van der Waals surface area contributed by atoms with Gasteiger partial charge in [0.05, 0.1) is 0 Å². The minimum absolute atomic E-state index is 0.967. The Morgan fingerprint density at radius 2 is 0.913 bits per heavy atom. The second-order valence-electron chi connectivity index (χ2n) is 7.68. The summed E-state index contributed by atoms with van der Waals surface area (Å²) < 4.78 is 0. The summed E-state index contributed by atoms with van der Waals surface area (Å²) in [6.07, 6.45) is 27.2. The van der Waals surface area contributed by atoms with Crippen LogP contribution in [0.1, 0.15) is 136 Å². The largest absolute Gasteiger partial charge is 0.0654 e. The zero-order chi connectivity index (χ0) is 17.0. The van der Waals surface area contributed by atoms with Crippen molar-refractivity contribution < 1.29 is 0 Å². The lowest BCUT2D eigenvalue weighted by Gasteiger charge is -2.14. The minimum Gasteiger partial charge on any atom is -0.0654 e. The molecule has 0 aromatic heterocycles. The van der Waals surface area contributed by atoms with Crippen molar-refractivity contribution in [2.75, 3.05) is 0 Å². The Morgan fingerprint density at radius 1 is 0.478 bits per heavy atom. The van der Waals surface area contributed by atoms with Gasteiger partial charge in [0, 0.05) is 0 Å². The average molecular weight is 324 g/mol. The molecule has 0 aliphatic heterocycles. The van der Waals surface area contributed by atoms with Crippen LogP contribution in [-0.2, 0) is 0 Å². The molecule has 0 aliphatic rings. The quantitative estimate of drug-likeness (QED) is 0.208. The highest BCUT2D eigenvalue weighted by Crippen LogP contribution is 2.21. The average Bonchev–Trinajstić information content (AvgIpc) is 2.55. The molecule has 0 N–H and O–H groups in total. The van der Waals surface area contributed by atoms with Crippen molar-refractivity contribution in [1.29, 1.82) is 0 Å². The lowest BCUT2D eigenvalue weighted by molar-refractivity contribution is 0.396. The molecule has 0 saturated heterocycles. The minimum atomic E-state index is 0.967. The third-order valence-corrected chi connectivity index (χ3v) is 5.28. The molecule has 0 fully saturated rings. The lowest BCUT2D eigenvalue weighted by Crippen LogP contribution is -1.99. The third-order valence-electron chi connectivity index (χ3n) is 5.28. The third kappa shape index (κ3) is 18.2. The van der Waals surface area contributed by atoms with E-state index in [0.29, 0.717) is 0 Å². The van der Waals surface area contributed by atoms with E-state index in [1.807, 2.05) is 0 Å². The zero-order valence-electron chi connectivity index (χ0n) is 16.7. The molecule has 1 atom stereocenters. The first kappa shape index (κ1) is 23.0. The molecule has 0 aliphatic carbocycles. The van der Waals surface area contributed by atoms with Crippen LogP contribution >= 0.6 is 0 Å². The van der Waals surface area contributed by atoms with Crippen molar-refractivity contribution in [3.8, 4) is 0 Å². The molecule has 0 nitrogen and oxygen atoms in total. The Labute approximate surface area is 149 Å². The first-order valence-corrected chi connectivity index (χ1v) is 11.1. The summed E-state index contributed by atoms with van der Waals surface area (Å²) in [4.78, 5) is 0. The van der Waals surface area contributed by atoms with Gasteiger partial charge in [0.25, 0.3) is 0 Å². The van der Waals surface area contributed by atoms with Gasteiger partial charge in [-0.15, -0.1) is 0 Å². The summed E-state index contributed by atoms with van der Waals surface area (Å²) in [5.74, 6) is 0.967. The van der Waals surface area contributed by atoms with Crippen molar-refractivity contribution in [1.82, 2.24) is 0 Å². The molecule has 0 amide bonds. The van der Waals surface area contributed by atoms with Gasteiger partial charge in [0.2, 0.25) is 0 Å². The summed E-state index contributed by atoms with van der Waals surface area (Å²) in [7, 11) is 0. The molecule has 0 spiro atoms. The van der Waals surface area contributed by atoms with Crippen LogP contribution in [0.15, 0.2) is 0 Å². The van der Waals surface area contributed by atoms with Gasteiger partial charge in [-0.05, 0) is 5.92 Å². The number of hydrogen-bond donors (Lipinski definition) is 0. The highest BCUT2D eigenvalue weighted by atomic mass is 14.1. The number of unbranched alkanes of at least 4 members (excludes halogenated alkanes) is 13. The highest BCUT2D eigenvalue weighted by molar-refractivity contribution is 4.60. The second-order valence-corrected chi connectivity index (χ2v) is 7.68. The van der Waals surface area contributed by atoms with E-state index in [0.717, 1.165) is 12.3 Å². The maximum absolute atomic E-state index is 4.03. The molecule has 1 unspecified atom stereocenters. The van der Waals surface area contributed by atoms with Crippen LogP contribution in [0.25, 0.3) is 0 Å². The molecule has 0 heteroatoms. The van der Waals surface area contributed by atoms with Gasteiger partial charge in [-0.3, -0.25) is 0 Å². The fraction of sp³-hybridized carbons (Fsp3) is 0.957. The van der Waals surface area contributed by atoms with Crippen LogP contribution in [0, 0.1) is 12.8 Å². The van der Waals surface area contributed by atoms with Crippen LogP contribution in [0.3, 0.4) is 0 Å². The molecule has 0 aromatic rings. The van der Waals surface area contributed by atoms with Crippen LogP contribution in [0.2, 0.25) is 0 Å². The van der Waals surface area contributed by atoms with Gasteiger partial charge >= 0.3 is 0 Å². The summed E-state index contributed by atoms with van der Waals surface area (Å²) in [5.41, 5.74) is 0. The maximum atomic E-state index is 4.03. The fourth-order valence-electron chi connectivity index (χ4n) is 3.76. The predicted molar refractivity (Wildman–Crippen MR) is 108 cm³/mol. The Balaban J connectivity index is 3.15. The molecular weight excluding hydrogens is 276 g/mol. The van der Waals surface area contributed by atoms with Gasteiger partial charge in [-0.25, -0.2) is 0 Å². The first-order valence-electron chi connectivity index (χ1n) is 11.1. The van der Waals surface area contributed by atoms with Crippen LogP contribution in [0.5, 0.6) is 0 Å². The fourth-order valence-corrected chi connectivity index (χ4v) is 3.76. The van der Waals surface area contributed by atoms with E-state index in [1.54, 1.807) is 0 Å². The summed E-state index contributed by atoms with van der Waals surface area (Å²) in [6, 6.07) is 0. The normalized spacial score (nSPS) is 11.5. The number of hydrogen-bond acceptors (Lipinski definition) is 0. The Kier molecular flexibility index (Phi) is 20.0. The highest BCUT2D eigenvalue weighted by Gasteiger charge is 2.05. The van der Waals surface area contributed by atoms with E-state index < -0.39 is 0 Å². The van der Waals surface area contributed by atoms with Crippen molar-refractivity contribution >= 4 is 0 Å². The van der Waals surface area contributed by atoms with Gasteiger partial charge < -0.3 is 0 Å². The van der Waals surface area contributed by atoms with Gasteiger partial charge in [0.1, 0.15) is 0 Å². The van der Waals surface area contributed by atoms with Crippen molar-refractivity contribution in [2.45, 2.75) is 136 Å². The Morgan fingerprint density at radius 3 is 1.30 bits per heavy atom. The molecule has 0 rings (SSSR count). The SMILES string of the molecule is [CH2]CCC(CCC)CCCCCCCCCCCCCCCC. The monoisotopic (exact) mass is 323 g/mol. The molecule has 23 heavy (non-hydrogen) atoms. The Hall–Kier alpha value is 0. The van der Waals surface area contributed by atoms with Crippen LogP contribution in [0.4, 0.5) is 0 Å². The summed E-state index contributed by atoms with van der Waals surface area (Å²) in [6.45, 7) is 8.64. The topological polar surface area (TPSA) is 0 Å². The predicted octanol–water partition coefficient (Wildman–Crippen LogP) is 8.89. The summed E-state index contributed by atoms with van der Waals surface area (Å²) in [5, 5.41) is 0. The van der Waals surface area contributed by atoms with Crippen LogP contribution in [-0.4, -0.2) is 0 Å². The van der Waals surface area contributed by atoms with E-state index in [-0.39, 0.29) is 0 Å². The first-order chi connectivity index (χ1) is 11.3. The molecule has 0 saturated carbocycles. The van der Waals surface area contributed by atoms with E-state index in [2.05, 4.69) is 20.8 Å². The van der Waals surface area contributed by atoms with Crippen molar-refractivity contribution in [2.24, 2.45) is 5.92 Å². The van der Waals surface area contributed by atoms with E-state index in [4.69, 9.17) is 0 Å². The van der Waals surface area contributed by atoms with Gasteiger partial charge in [-0.2, -0.15) is 0 Å². The summed E-state index contributed by atoms with van der Waals surface area (Å²) >= 11 is 0. The molecular formula is C23H47. The maximum Gasteiger partial charge on any atom is -0.0414 e. The van der Waals surface area contributed by atoms with Gasteiger partial charge in [-0.1, -0.05) is 143 Å². The van der Waals surface area contributed by atoms with Crippen LogP contribution < -0.4 is 0 Å². The van der Waals surface area contributed by atoms with E-state index in [1.165, 1.54) is 116 Å². The standard InChI is InChI=1S/C23H47/c1-4-7-8-9-10-11-12-13-14-15-16-17-18-19-22-23(20-5-2)21-6-3/h23H,2,4-22H2,1,3H3. The molecule has 0 bridgehead atoms. The number of rotatable bonds is 19. The molecule has 0 heterocycles. The van der Waals surface area contributed by atoms with Crippen molar-refractivity contribution in [3.05, 3.63) is 6.92 Å². The zero-order valence-corrected chi connectivity index (χ0v) is 16.7. The van der Waals surface area contributed by atoms with E-state index >= 15 is 0 Å². The second kappa shape index (κ2) is 20.0. The van der Waals surface area contributed by atoms with Crippen molar-refractivity contribution in [3.63, 3.8) is 0 Å². The molecule has 0 aromatic carbocycles.